The van der Waals surface area contributed by atoms with Crippen molar-refractivity contribution in [2.24, 2.45) is 0 Å². The highest BCUT2D eigenvalue weighted by molar-refractivity contribution is 5.96. The molecule has 0 saturated carbocycles. The molecule has 0 radical (unpaired) electrons. The lowest BCUT2D eigenvalue weighted by Gasteiger charge is -2.28. The van der Waals surface area contributed by atoms with Gasteiger partial charge in [0.05, 0.1) is 6.20 Å². The first kappa shape index (κ1) is 13.5. The van der Waals surface area contributed by atoms with Gasteiger partial charge < -0.3 is 10.2 Å². The Hall–Kier alpha value is -2.14. The molecule has 0 aliphatic carbocycles. The minimum atomic E-state index is 0.168. The van der Waals surface area contributed by atoms with Crippen LogP contribution in [-0.4, -0.2) is 46.2 Å². The minimum Gasteiger partial charge on any atom is -0.331 e. The molecule has 5 nitrogen and oxygen atoms in total. The number of benzene rings is 1. The first-order valence-corrected chi connectivity index (χ1v) is 7.95. The Labute approximate surface area is 129 Å². The average Bonchev–Trinajstić information content (AvgIpc) is 3.14. The topological polar surface area (TPSA) is 61.0 Å². The number of hydrogen-bond acceptors (Lipinski definition) is 3. The van der Waals surface area contributed by atoms with E-state index in [4.69, 9.17) is 0 Å². The molecular weight excluding hydrogens is 276 g/mol. The molecule has 5 heteroatoms. The molecule has 1 amide bonds. The minimum absolute atomic E-state index is 0.168. The zero-order chi connectivity index (χ0) is 14.9. The molecule has 2 N–H and O–H groups in total. The summed E-state index contributed by atoms with van der Waals surface area (Å²) < 4.78 is 0. The Morgan fingerprint density at radius 3 is 2.95 bits per heavy atom. The van der Waals surface area contributed by atoms with Crippen LogP contribution in [0, 0.1) is 0 Å². The maximum Gasteiger partial charge on any atom is 0.254 e. The number of carbonyl (C=O) groups excluding carboxylic acids is 1. The van der Waals surface area contributed by atoms with Crippen LogP contribution < -0.4 is 5.32 Å². The van der Waals surface area contributed by atoms with Gasteiger partial charge in [-0.3, -0.25) is 9.89 Å². The van der Waals surface area contributed by atoms with Gasteiger partial charge in [-0.2, -0.15) is 5.10 Å². The van der Waals surface area contributed by atoms with E-state index in [-0.39, 0.29) is 5.91 Å². The molecular formula is C17H20N4O. The van der Waals surface area contributed by atoms with Gasteiger partial charge in [0.15, 0.2) is 0 Å². The van der Waals surface area contributed by atoms with E-state index < -0.39 is 0 Å². The van der Waals surface area contributed by atoms with Gasteiger partial charge in [-0.25, -0.2) is 0 Å². The number of hydrogen-bond donors (Lipinski definition) is 2. The fourth-order valence-corrected chi connectivity index (χ4v) is 3.70. The molecule has 22 heavy (non-hydrogen) atoms. The lowest BCUT2D eigenvalue weighted by Crippen LogP contribution is -2.42. The molecule has 1 aromatic heterocycles. The molecule has 2 saturated heterocycles. The van der Waals surface area contributed by atoms with Crippen molar-refractivity contribution < 1.29 is 4.79 Å². The van der Waals surface area contributed by atoms with Gasteiger partial charge >= 0.3 is 0 Å². The molecule has 1 aromatic carbocycles. The Morgan fingerprint density at radius 1 is 1.18 bits per heavy atom. The van der Waals surface area contributed by atoms with E-state index in [0.29, 0.717) is 12.1 Å². The standard InChI is InChI=1S/C17H20N4O/c22-17(21-15-4-5-16(21)11-18-7-6-15)13-3-1-2-12(8-13)14-9-19-20-10-14/h1-3,8-10,15-16,18H,4-7,11H2,(H,19,20)/t15-,16+/m1/s1. The highest BCUT2D eigenvalue weighted by Crippen LogP contribution is 2.30. The maximum atomic E-state index is 13.0. The van der Waals surface area contributed by atoms with Crippen molar-refractivity contribution in [1.82, 2.24) is 20.4 Å². The number of nitrogens with one attached hydrogen (secondary N) is 2. The summed E-state index contributed by atoms with van der Waals surface area (Å²) in [5, 5.41) is 10.2. The van der Waals surface area contributed by atoms with E-state index in [2.05, 4.69) is 20.4 Å². The van der Waals surface area contributed by atoms with Crippen molar-refractivity contribution in [3.8, 4) is 11.1 Å². The molecule has 2 fully saturated rings. The lowest BCUT2D eigenvalue weighted by molar-refractivity contribution is 0.0680. The smallest absolute Gasteiger partial charge is 0.254 e. The molecule has 2 aliphatic rings. The Kier molecular flexibility index (Phi) is 3.42. The van der Waals surface area contributed by atoms with Crippen LogP contribution in [0.2, 0.25) is 0 Å². The number of H-pyrrole nitrogens is 1. The van der Waals surface area contributed by atoms with E-state index in [1.165, 1.54) is 0 Å². The number of amides is 1. The molecule has 2 atom stereocenters. The first-order valence-electron chi connectivity index (χ1n) is 7.95. The van der Waals surface area contributed by atoms with Crippen molar-refractivity contribution in [3.05, 3.63) is 42.2 Å². The van der Waals surface area contributed by atoms with Gasteiger partial charge in [-0.1, -0.05) is 12.1 Å². The molecule has 114 valence electrons. The summed E-state index contributed by atoms with van der Waals surface area (Å²) in [6, 6.07) is 8.60. The zero-order valence-electron chi connectivity index (χ0n) is 12.5. The number of nitrogens with zero attached hydrogens (tertiary/aromatic N) is 2. The fourth-order valence-electron chi connectivity index (χ4n) is 3.70. The fraction of sp³-hybridized carbons (Fsp3) is 0.412. The molecule has 0 unspecified atom stereocenters. The van der Waals surface area contributed by atoms with Crippen LogP contribution in [0.5, 0.6) is 0 Å². The Bertz CT molecular complexity index is 653. The number of rotatable bonds is 2. The van der Waals surface area contributed by atoms with Crippen molar-refractivity contribution in [2.45, 2.75) is 31.3 Å². The van der Waals surface area contributed by atoms with E-state index in [1.54, 1.807) is 6.20 Å². The van der Waals surface area contributed by atoms with Crippen molar-refractivity contribution in [2.75, 3.05) is 13.1 Å². The van der Waals surface area contributed by atoms with Crippen LogP contribution in [0.1, 0.15) is 29.6 Å². The summed E-state index contributed by atoms with van der Waals surface area (Å²) in [4.78, 5) is 15.1. The SMILES string of the molecule is O=C(c1cccc(-c2cn[nH]c2)c1)N1[C@H]2CCNC[C@@H]1CC2. The van der Waals surface area contributed by atoms with Gasteiger partial charge in [0.2, 0.25) is 0 Å². The second kappa shape index (κ2) is 5.57. The van der Waals surface area contributed by atoms with E-state index >= 15 is 0 Å². The van der Waals surface area contributed by atoms with Gasteiger partial charge in [-0.05, 0) is 43.5 Å². The van der Waals surface area contributed by atoms with Gasteiger partial charge in [0.25, 0.3) is 5.91 Å². The molecule has 0 spiro atoms. The summed E-state index contributed by atoms with van der Waals surface area (Å²) in [5.41, 5.74) is 2.81. The van der Waals surface area contributed by atoms with Crippen LogP contribution in [0.3, 0.4) is 0 Å². The Morgan fingerprint density at radius 2 is 2.09 bits per heavy atom. The van der Waals surface area contributed by atoms with E-state index in [0.717, 1.165) is 49.0 Å². The van der Waals surface area contributed by atoms with Gasteiger partial charge in [0, 0.05) is 36.0 Å². The predicted octanol–water partition coefficient (Wildman–Crippen LogP) is 2.04. The summed E-state index contributed by atoms with van der Waals surface area (Å²) in [5.74, 6) is 0.168. The van der Waals surface area contributed by atoms with Crippen molar-refractivity contribution in [1.29, 1.82) is 0 Å². The van der Waals surface area contributed by atoms with Crippen LogP contribution in [0.25, 0.3) is 11.1 Å². The van der Waals surface area contributed by atoms with Crippen LogP contribution in [-0.2, 0) is 0 Å². The normalized spacial score (nSPS) is 24.3. The summed E-state index contributed by atoms with van der Waals surface area (Å²) in [6.45, 7) is 1.93. The second-order valence-corrected chi connectivity index (χ2v) is 6.16. The summed E-state index contributed by atoms with van der Waals surface area (Å²) in [6.07, 6.45) is 6.94. The quantitative estimate of drug-likeness (QED) is 0.891. The third-order valence-electron chi connectivity index (χ3n) is 4.83. The van der Waals surface area contributed by atoms with Gasteiger partial charge in [-0.15, -0.1) is 0 Å². The predicted molar refractivity (Wildman–Crippen MR) is 84.5 cm³/mol. The second-order valence-electron chi connectivity index (χ2n) is 6.16. The first-order chi connectivity index (χ1) is 10.8. The monoisotopic (exact) mass is 296 g/mol. The average molecular weight is 296 g/mol. The zero-order valence-corrected chi connectivity index (χ0v) is 12.5. The van der Waals surface area contributed by atoms with Crippen LogP contribution in [0.15, 0.2) is 36.7 Å². The molecule has 2 aliphatic heterocycles. The Balaban J connectivity index is 1.64. The highest BCUT2D eigenvalue weighted by atomic mass is 16.2. The third-order valence-corrected chi connectivity index (χ3v) is 4.83. The van der Waals surface area contributed by atoms with Crippen LogP contribution >= 0.6 is 0 Å². The third kappa shape index (κ3) is 2.31. The van der Waals surface area contributed by atoms with Crippen LogP contribution in [0.4, 0.5) is 0 Å². The van der Waals surface area contributed by atoms with Gasteiger partial charge in [0.1, 0.15) is 0 Å². The molecule has 3 heterocycles. The molecule has 2 aromatic rings. The van der Waals surface area contributed by atoms with Crippen molar-refractivity contribution in [3.63, 3.8) is 0 Å². The summed E-state index contributed by atoms with van der Waals surface area (Å²) >= 11 is 0. The number of aromatic amines is 1. The molecule has 4 rings (SSSR count). The largest absolute Gasteiger partial charge is 0.331 e. The molecule has 2 bridgehead atoms. The van der Waals surface area contributed by atoms with E-state index in [1.807, 2.05) is 30.5 Å². The number of aromatic nitrogens is 2. The number of fused-ring (bicyclic) bond motifs is 2. The highest BCUT2D eigenvalue weighted by Gasteiger charge is 2.38. The number of carbonyl (C=O) groups is 1. The maximum absolute atomic E-state index is 13.0. The summed E-state index contributed by atoms with van der Waals surface area (Å²) in [7, 11) is 0. The lowest BCUT2D eigenvalue weighted by atomic mass is 10.0. The van der Waals surface area contributed by atoms with E-state index in [9.17, 15) is 4.79 Å². The van der Waals surface area contributed by atoms with Crippen molar-refractivity contribution >= 4 is 5.91 Å².